The van der Waals surface area contributed by atoms with E-state index in [2.05, 4.69) is 44.3 Å². The molecule has 0 N–H and O–H groups in total. The van der Waals surface area contributed by atoms with Crippen LogP contribution in [0.3, 0.4) is 0 Å². The second-order valence-corrected chi connectivity index (χ2v) is 3.58. The molecular formula is C15H18. The van der Waals surface area contributed by atoms with Crippen LogP contribution in [0.1, 0.15) is 25.3 Å². The lowest BCUT2D eigenvalue weighted by molar-refractivity contribution is 1.11. The number of rotatable bonds is 5. The molecule has 0 heterocycles. The van der Waals surface area contributed by atoms with Gasteiger partial charge in [-0.3, -0.25) is 0 Å². The van der Waals surface area contributed by atoms with Gasteiger partial charge in [-0.1, -0.05) is 48.1 Å². The lowest BCUT2D eigenvalue weighted by Gasteiger charge is -2.09. The molecule has 0 saturated carbocycles. The second kappa shape index (κ2) is 6.02. The van der Waals surface area contributed by atoms with Gasteiger partial charge in [0, 0.05) is 0 Å². The molecule has 1 rings (SSSR count). The van der Waals surface area contributed by atoms with E-state index in [1.165, 1.54) is 16.7 Å². The first kappa shape index (κ1) is 11.5. The van der Waals surface area contributed by atoms with Gasteiger partial charge >= 0.3 is 0 Å². The Morgan fingerprint density at radius 2 is 1.60 bits per heavy atom. The maximum absolute atomic E-state index is 3.79. The molecule has 0 aromatic heterocycles. The summed E-state index contributed by atoms with van der Waals surface area (Å²) in [5, 5.41) is 0. The minimum atomic E-state index is 0.937. The standard InChI is InChI=1S/C15H18/c1-4-9-14(10-5-2)13(3)15-11-7-6-8-12-15/h4-8,11-12H,1-2,9-10H2,3H3. The normalized spacial score (nSPS) is 9.40. The smallest absolute Gasteiger partial charge is 0.0132 e. The van der Waals surface area contributed by atoms with Gasteiger partial charge in [0.2, 0.25) is 0 Å². The Morgan fingerprint density at radius 3 is 2.07 bits per heavy atom. The van der Waals surface area contributed by atoms with Crippen molar-refractivity contribution in [3.8, 4) is 0 Å². The summed E-state index contributed by atoms with van der Waals surface area (Å²) in [4.78, 5) is 0. The van der Waals surface area contributed by atoms with Crippen molar-refractivity contribution in [2.24, 2.45) is 0 Å². The zero-order valence-electron chi connectivity index (χ0n) is 9.37. The maximum Gasteiger partial charge on any atom is -0.0132 e. The van der Waals surface area contributed by atoms with Gasteiger partial charge in [0.1, 0.15) is 0 Å². The molecule has 0 unspecified atom stereocenters. The highest BCUT2D eigenvalue weighted by Gasteiger charge is 2.01. The van der Waals surface area contributed by atoms with Gasteiger partial charge < -0.3 is 0 Å². The molecule has 1 aromatic carbocycles. The third kappa shape index (κ3) is 3.25. The van der Waals surface area contributed by atoms with E-state index in [0.717, 1.165) is 12.8 Å². The minimum Gasteiger partial charge on any atom is -0.103 e. The van der Waals surface area contributed by atoms with Gasteiger partial charge in [0.25, 0.3) is 0 Å². The molecule has 1 aromatic rings. The summed E-state index contributed by atoms with van der Waals surface area (Å²) in [6.07, 6.45) is 5.77. The van der Waals surface area contributed by atoms with Crippen LogP contribution >= 0.6 is 0 Å². The fraction of sp³-hybridized carbons (Fsp3) is 0.200. The molecule has 0 aliphatic heterocycles. The van der Waals surface area contributed by atoms with Crippen LogP contribution in [0.15, 0.2) is 61.2 Å². The molecule has 78 valence electrons. The fourth-order valence-electron chi connectivity index (χ4n) is 1.63. The molecule has 0 bridgehead atoms. The predicted molar refractivity (Wildman–Crippen MR) is 68.7 cm³/mol. The van der Waals surface area contributed by atoms with Crippen molar-refractivity contribution in [3.05, 3.63) is 66.8 Å². The van der Waals surface area contributed by atoms with Crippen molar-refractivity contribution in [1.82, 2.24) is 0 Å². The monoisotopic (exact) mass is 198 g/mol. The second-order valence-electron chi connectivity index (χ2n) is 3.58. The molecule has 15 heavy (non-hydrogen) atoms. The lowest BCUT2D eigenvalue weighted by atomic mass is 9.97. The molecule has 0 amide bonds. The quantitative estimate of drug-likeness (QED) is 0.606. The van der Waals surface area contributed by atoms with Crippen LogP contribution in [-0.2, 0) is 0 Å². The Labute approximate surface area is 92.6 Å². The first-order valence-electron chi connectivity index (χ1n) is 5.25. The van der Waals surface area contributed by atoms with E-state index < -0.39 is 0 Å². The Morgan fingerprint density at radius 1 is 1.07 bits per heavy atom. The zero-order chi connectivity index (χ0) is 11.1. The van der Waals surface area contributed by atoms with E-state index in [1.54, 1.807) is 0 Å². The number of hydrogen-bond donors (Lipinski definition) is 0. The van der Waals surface area contributed by atoms with Crippen molar-refractivity contribution >= 4 is 5.57 Å². The molecule has 0 saturated heterocycles. The fourth-order valence-corrected chi connectivity index (χ4v) is 1.63. The van der Waals surface area contributed by atoms with Crippen LogP contribution in [0.25, 0.3) is 5.57 Å². The van der Waals surface area contributed by atoms with Gasteiger partial charge in [-0.25, -0.2) is 0 Å². The summed E-state index contributed by atoms with van der Waals surface area (Å²) >= 11 is 0. The van der Waals surface area contributed by atoms with Crippen molar-refractivity contribution in [1.29, 1.82) is 0 Å². The third-order valence-corrected chi connectivity index (χ3v) is 2.52. The minimum absolute atomic E-state index is 0.937. The summed E-state index contributed by atoms with van der Waals surface area (Å²) in [5.74, 6) is 0. The van der Waals surface area contributed by atoms with E-state index in [9.17, 15) is 0 Å². The van der Waals surface area contributed by atoms with Crippen LogP contribution in [0.5, 0.6) is 0 Å². The van der Waals surface area contributed by atoms with Gasteiger partial charge in [-0.05, 0) is 30.9 Å². The maximum atomic E-state index is 3.79. The van der Waals surface area contributed by atoms with Gasteiger partial charge in [0.05, 0.1) is 0 Å². The summed E-state index contributed by atoms with van der Waals surface area (Å²) in [6, 6.07) is 10.5. The van der Waals surface area contributed by atoms with Crippen molar-refractivity contribution in [2.45, 2.75) is 19.8 Å². The number of hydrogen-bond acceptors (Lipinski definition) is 0. The average molecular weight is 198 g/mol. The molecule has 0 atom stereocenters. The van der Waals surface area contributed by atoms with Crippen LogP contribution in [-0.4, -0.2) is 0 Å². The van der Waals surface area contributed by atoms with E-state index in [-0.39, 0.29) is 0 Å². The van der Waals surface area contributed by atoms with Gasteiger partial charge in [0.15, 0.2) is 0 Å². The Hall–Kier alpha value is -1.56. The zero-order valence-corrected chi connectivity index (χ0v) is 9.37. The predicted octanol–water partition coefficient (Wildman–Crippen LogP) is 4.61. The van der Waals surface area contributed by atoms with Crippen LogP contribution in [0, 0.1) is 0 Å². The number of benzene rings is 1. The Balaban J connectivity index is 3.03. The summed E-state index contributed by atoms with van der Waals surface area (Å²) in [6.45, 7) is 9.75. The first-order valence-corrected chi connectivity index (χ1v) is 5.25. The Bertz CT molecular complexity index is 343. The Kier molecular flexibility index (Phi) is 4.62. The molecule has 0 spiro atoms. The van der Waals surface area contributed by atoms with Gasteiger partial charge in [-0.15, -0.1) is 13.2 Å². The lowest BCUT2D eigenvalue weighted by Crippen LogP contribution is -1.87. The molecule has 0 aliphatic carbocycles. The molecule has 0 nitrogen and oxygen atoms in total. The van der Waals surface area contributed by atoms with Crippen LogP contribution < -0.4 is 0 Å². The highest BCUT2D eigenvalue weighted by atomic mass is 14.1. The topological polar surface area (TPSA) is 0 Å². The summed E-state index contributed by atoms with van der Waals surface area (Å²) in [5.41, 5.74) is 4.03. The summed E-state index contributed by atoms with van der Waals surface area (Å²) in [7, 11) is 0. The number of allylic oxidation sites excluding steroid dienone is 4. The molecule has 0 fully saturated rings. The van der Waals surface area contributed by atoms with Crippen LogP contribution in [0.4, 0.5) is 0 Å². The largest absolute Gasteiger partial charge is 0.103 e. The molecule has 0 radical (unpaired) electrons. The van der Waals surface area contributed by atoms with E-state index >= 15 is 0 Å². The van der Waals surface area contributed by atoms with Gasteiger partial charge in [-0.2, -0.15) is 0 Å². The third-order valence-electron chi connectivity index (χ3n) is 2.52. The van der Waals surface area contributed by atoms with Crippen LogP contribution in [0.2, 0.25) is 0 Å². The van der Waals surface area contributed by atoms with E-state index in [0.29, 0.717) is 0 Å². The molecule has 0 aliphatic rings. The highest BCUT2D eigenvalue weighted by Crippen LogP contribution is 2.23. The van der Waals surface area contributed by atoms with Crippen molar-refractivity contribution < 1.29 is 0 Å². The molecule has 0 heteroatoms. The van der Waals surface area contributed by atoms with E-state index in [1.807, 2.05) is 18.2 Å². The highest BCUT2D eigenvalue weighted by molar-refractivity contribution is 5.67. The molecular weight excluding hydrogens is 180 g/mol. The SMILES string of the molecule is C=CCC(CC=C)=C(C)c1ccccc1. The van der Waals surface area contributed by atoms with E-state index in [4.69, 9.17) is 0 Å². The first-order chi connectivity index (χ1) is 7.29. The summed E-state index contributed by atoms with van der Waals surface area (Å²) < 4.78 is 0. The van der Waals surface area contributed by atoms with Crippen molar-refractivity contribution in [3.63, 3.8) is 0 Å². The average Bonchev–Trinajstić information content (AvgIpc) is 2.29. The van der Waals surface area contributed by atoms with Crippen molar-refractivity contribution in [2.75, 3.05) is 0 Å².